The molecule has 2 N–H and O–H groups in total. The third-order valence-corrected chi connectivity index (χ3v) is 5.62. The molecule has 5 heteroatoms. The van der Waals surface area contributed by atoms with Gasteiger partial charge in [-0.2, -0.15) is 0 Å². The molecule has 1 aromatic heterocycles. The van der Waals surface area contributed by atoms with Crippen molar-refractivity contribution in [2.75, 3.05) is 0 Å². The van der Waals surface area contributed by atoms with Gasteiger partial charge in [0.2, 0.25) is 0 Å². The number of hydrogen-bond acceptors (Lipinski definition) is 3. The second kappa shape index (κ2) is 5.87. The van der Waals surface area contributed by atoms with Crippen LogP contribution in [0.3, 0.4) is 0 Å². The van der Waals surface area contributed by atoms with Gasteiger partial charge in [-0.15, -0.1) is 0 Å². The number of nitrogens with zero attached hydrogens (tertiary/aromatic N) is 1. The summed E-state index contributed by atoms with van der Waals surface area (Å²) in [5.74, 6) is -2.01. The molecule has 1 heterocycles. The molecule has 0 radical (unpaired) electrons. The van der Waals surface area contributed by atoms with Gasteiger partial charge in [0.05, 0.1) is 0 Å². The summed E-state index contributed by atoms with van der Waals surface area (Å²) in [5.41, 5.74) is 2.20. The van der Waals surface area contributed by atoms with Gasteiger partial charge in [0.15, 0.2) is 0 Å². The average Bonchev–Trinajstić information content (AvgIpc) is 2.99. The fourth-order valence-corrected chi connectivity index (χ4v) is 4.02. The van der Waals surface area contributed by atoms with Gasteiger partial charge in [-0.3, -0.25) is 0 Å². The van der Waals surface area contributed by atoms with Gasteiger partial charge >= 0.3 is 137 Å². The van der Waals surface area contributed by atoms with Crippen LogP contribution in [0, 0.1) is 0 Å². The van der Waals surface area contributed by atoms with Crippen molar-refractivity contribution in [3.63, 3.8) is 0 Å². The molecule has 0 atom stereocenters. The Hall–Kier alpha value is -1.23. The first kappa shape index (κ1) is 14.7. The first-order chi connectivity index (χ1) is 10.1. The quantitative estimate of drug-likeness (QED) is 0.517. The third-order valence-electron chi connectivity index (χ3n) is 3.12. The summed E-state index contributed by atoms with van der Waals surface area (Å²) >= 11 is 3.22. The normalized spacial score (nSPS) is 11.6. The Labute approximate surface area is 136 Å². The number of halogens is 1. The molecule has 0 bridgehead atoms. The van der Waals surface area contributed by atoms with E-state index in [1.165, 1.54) is 0 Å². The van der Waals surface area contributed by atoms with Gasteiger partial charge in [-0.25, -0.2) is 0 Å². The predicted molar refractivity (Wildman–Crippen MR) is 86.0 cm³/mol. The standard InChI is InChI=1S/C16H12BrNO2Se/c17-13-8-6-11(7-9-13)14-10-21-15(18-14)16(19,20)12-4-2-1-3-5-12/h1-10,19-20H. The van der Waals surface area contributed by atoms with E-state index in [9.17, 15) is 10.2 Å². The summed E-state index contributed by atoms with van der Waals surface area (Å²) in [4.78, 5) is 6.39. The first-order valence-corrected chi connectivity index (χ1v) is 8.93. The molecule has 0 saturated heterocycles. The molecular weight excluding hydrogens is 397 g/mol. The van der Waals surface area contributed by atoms with Gasteiger partial charge < -0.3 is 0 Å². The van der Waals surface area contributed by atoms with Gasteiger partial charge in [-0.1, -0.05) is 0 Å². The zero-order valence-electron chi connectivity index (χ0n) is 10.9. The van der Waals surface area contributed by atoms with Crippen molar-refractivity contribution >= 4 is 30.4 Å². The van der Waals surface area contributed by atoms with E-state index >= 15 is 0 Å². The molecule has 0 saturated carbocycles. The number of aliphatic hydroxyl groups is 2. The number of aromatic nitrogens is 1. The third kappa shape index (κ3) is 3.03. The fraction of sp³-hybridized carbons (Fsp3) is 0.0625. The van der Waals surface area contributed by atoms with E-state index in [0.29, 0.717) is 10.1 Å². The molecule has 0 fully saturated rings. The number of benzene rings is 2. The molecule has 0 aliphatic carbocycles. The maximum atomic E-state index is 10.4. The average molecular weight is 409 g/mol. The van der Waals surface area contributed by atoms with Crippen molar-refractivity contribution in [3.8, 4) is 11.3 Å². The molecule has 2 aromatic carbocycles. The van der Waals surface area contributed by atoms with Crippen molar-refractivity contribution < 1.29 is 10.2 Å². The van der Waals surface area contributed by atoms with E-state index in [1.807, 2.05) is 35.3 Å². The zero-order chi connectivity index (χ0) is 14.9. The first-order valence-electron chi connectivity index (χ1n) is 6.29. The van der Waals surface area contributed by atoms with Gasteiger partial charge in [-0.05, 0) is 0 Å². The number of hydrogen-bond donors (Lipinski definition) is 2. The van der Waals surface area contributed by atoms with Crippen LogP contribution in [-0.2, 0) is 5.79 Å². The summed E-state index contributed by atoms with van der Waals surface area (Å²) in [5, 5.41) is 20.8. The van der Waals surface area contributed by atoms with Crippen molar-refractivity contribution in [3.05, 3.63) is 74.1 Å². The van der Waals surface area contributed by atoms with Crippen LogP contribution in [-0.4, -0.2) is 29.7 Å². The molecular formula is C16H12BrNO2Se. The minimum atomic E-state index is -2.01. The molecule has 0 spiro atoms. The Balaban J connectivity index is 1.96. The molecule has 3 aromatic rings. The summed E-state index contributed by atoms with van der Waals surface area (Å²) in [6, 6.07) is 16.6. The van der Waals surface area contributed by atoms with Crippen molar-refractivity contribution in [2.24, 2.45) is 0 Å². The Bertz CT molecular complexity index is 738. The second-order valence-electron chi connectivity index (χ2n) is 4.58. The van der Waals surface area contributed by atoms with E-state index in [1.54, 1.807) is 24.3 Å². The minimum absolute atomic E-state index is 0.179. The van der Waals surface area contributed by atoms with Crippen LogP contribution in [0.1, 0.15) is 10.1 Å². The monoisotopic (exact) mass is 409 g/mol. The summed E-state index contributed by atoms with van der Waals surface area (Å²) in [6.45, 7) is 0. The summed E-state index contributed by atoms with van der Waals surface area (Å²) < 4.78 is 1.40. The molecule has 0 aliphatic heterocycles. The maximum absolute atomic E-state index is 10.4. The summed E-state index contributed by atoms with van der Waals surface area (Å²) in [6.07, 6.45) is 0. The number of rotatable bonds is 3. The van der Waals surface area contributed by atoms with Crippen LogP contribution in [0.4, 0.5) is 0 Å². The topological polar surface area (TPSA) is 53.4 Å². The molecule has 0 amide bonds. The van der Waals surface area contributed by atoms with E-state index in [2.05, 4.69) is 20.9 Å². The van der Waals surface area contributed by atoms with Gasteiger partial charge in [0, 0.05) is 0 Å². The van der Waals surface area contributed by atoms with Gasteiger partial charge in [0.1, 0.15) is 0 Å². The SMILES string of the molecule is OC(O)(c1ccccc1)c1nc(-c2ccc(Br)cc2)c[se]1. The van der Waals surface area contributed by atoms with Crippen LogP contribution in [0.2, 0.25) is 0 Å². The van der Waals surface area contributed by atoms with E-state index in [0.717, 1.165) is 15.7 Å². The van der Waals surface area contributed by atoms with Crippen LogP contribution in [0.15, 0.2) is 64.0 Å². The Kier molecular flexibility index (Phi) is 4.11. The predicted octanol–water partition coefficient (Wildman–Crippen LogP) is 2.75. The molecule has 21 heavy (non-hydrogen) atoms. The second-order valence-corrected chi connectivity index (χ2v) is 7.30. The Morgan fingerprint density at radius 3 is 2.29 bits per heavy atom. The zero-order valence-corrected chi connectivity index (χ0v) is 14.2. The summed E-state index contributed by atoms with van der Waals surface area (Å²) in [7, 11) is 0. The van der Waals surface area contributed by atoms with Crippen LogP contribution in [0.25, 0.3) is 11.3 Å². The van der Waals surface area contributed by atoms with Crippen LogP contribution < -0.4 is 0 Å². The van der Waals surface area contributed by atoms with E-state index in [-0.39, 0.29) is 14.5 Å². The molecule has 0 unspecified atom stereocenters. The van der Waals surface area contributed by atoms with E-state index in [4.69, 9.17) is 0 Å². The van der Waals surface area contributed by atoms with Crippen molar-refractivity contribution in [1.29, 1.82) is 0 Å². The van der Waals surface area contributed by atoms with Crippen molar-refractivity contribution in [2.45, 2.75) is 5.79 Å². The molecule has 3 nitrogen and oxygen atoms in total. The van der Waals surface area contributed by atoms with Crippen LogP contribution in [0.5, 0.6) is 0 Å². The van der Waals surface area contributed by atoms with Gasteiger partial charge in [0.25, 0.3) is 0 Å². The van der Waals surface area contributed by atoms with E-state index < -0.39 is 5.79 Å². The Morgan fingerprint density at radius 1 is 0.952 bits per heavy atom. The van der Waals surface area contributed by atoms with Crippen LogP contribution >= 0.6 is 15.9 Å². The molecule has 0 aliphatic rings. The molecule has 3 rings (SSSR count). The Morgan fingerprint density at radius 2 is 1.62 bits per heavy atom. The fourth-order valence-electron chi connectivity index (χ4n) is 1.98. The molecule has 106 valence electrons. The van der Waals surface area contributed by atoms with Crippen molar-refractivity contribution in [1.82, 2.24) is 4.98 Å².